The van der Waals surface area contributed by atoms with Gasteiger partial charge in [0.05, 0.1) is 34.5 Å². The molecular formula is C28H32N2O6S2. The van der Waals surface area contributed by atoms with E-state index in [2.05, 4.69) is 10.6 Å². The summed E-state index contributed by atoms with van der Waals surface area (Å²) in [5.41, 5.74) is 2.29. The molecule has 2 amide bonds. The second kappa shape index (κ2) is 11.9. The second-order valence-electron chi connectivity index (χ2n) is 9.34. The number of rotatable bonds is 8. The average molecular weight is 557 g/mol. The molecule has 0 aliphatic carbocycles. The van der Waals surface area contributed by atoms with Crippen LogP contribution >= 0.6 is 22.7 Å². The van der Waals surface area contributed by atoms with E-state index < -0.39 is 23.8 Å². The Morgan fingerprint density at radius 3 is 1.32 bits per heavy atom. The zero-order valence-corrected chi connectivity index (χ0v) is 24.4. The Bertz CT molecular complexity index is 1300. The highest BCUT2D eigenvalue weighted by Crippen LogP contribution is 2.35. The monoisotopic (exact) mass is 556 g/mol. The molecule has 3 rings (SSSR count). The lowest BCUT2D eigenvalue weighted by molar-refractivity contribution is 0.0367. The van der Waals surface area contributed by atoms with E-state index in [0.29, 0.717) is 21.1 Å². The number of aryl methyl sites for hydroxylation is 2. The maximum absolute atomic E-state index is 13.4. The van der Waals surface area contributed by atoms with Gasteiger partial charge in [0.15, 0.2) is 0 Å². The minimum Gasteiger partial charge on any atom is -0.459 e. The van der Waals surface area contributed by atoms with Crippen LogP contribution in [-0.4, -0.2) is 36.0 Å². The number of ether oxygens (including phenoxy) is 2. The molecule has 0 atom stereocenters. The molecule has 10 heteroatoms. The van der Waals surface area contributed by atoms with Crippen molar-refractivity contribution in [2.75, 3.05) is 10.6 Å². The molecule has 2 aromatic heterocycles. The minimum atomic E-state index is -0.548. The normalized spacial score (nSPS) is 11.0. The van der Waals surface area contributed by atoms with Crippen molar-refractivity contribution in [1.29, 1.82) is 0 Å². The Kier molecular flexibility index (Phi) is 9.11. The zero-order chi connectivity index (χ0) is 28.3. The quantitative estimate of drug-likeness (QED) is 0.300. The number of amides is 2. The molecule has 0 fully saturated rings. The predicted molar refractivity (Wildman–Crippen MR) is 151 cm³/mol. The Hall–Kier alpha value is -3.50. The largest absolute Gasteiger partial charge is 0.459 e. The number of thiophene rings is 2. The molecule has 0 unspecified atom stereocenters. The van der Waals surface area contributed by atoms with Crippen LogP contribution in [-0.2, 0) is 9.47 Å². The molecule has 0 aliphatic heterocycles. The summed E-state index contributed by atoms with van der Waals surface area (Å²) in [6, 6.07) is 6.36. The summed E-state index contributed by atoms with van der Waals surface area (Å²) in [5.74, 6) is -2.14. The molecule has 202 valence electrons. The van der Waals surface area contributed by atoms with Gasteiger partial charge in [-0.2, -0.15) is 0 Å². The first-order valence-electron chi connectivity index (χ1n) is 12.1. The smallest absolute Gasteiger partial charge is 0.341 e. The van der Waals surface area contributed by atoms with Crippen LogP contribution in [0.2, 0.25) is 0 Å². The summed E-state index contributed by atoms with van der Waals surface area (Å²) in [5, 5.41) is 6.30. The summed E-state index contributed by atoms with van der Waals surface area (Å²) in [6.07, 6.45) is -0.635. The van der Waals surface area contributed by atoms with Crippen molar-refractivity contribution in [3.8, 4) is 0 Å². The van der Waals surface area contributed by atoms with Gasteiger partial charge in [-0.05, 0) is 78.6 Å². The topological polar surface area (TPSA) is 111 Å². The van der Waals surface area contributed by atoms with Gasteiger partial charge in [0.1, 0.15) is 10.0 Å². The molecule has 0 bridgehead atoms. The number of carbonyl (C=O) groups excluding carboxylic acids is 4. The second-order valence-corrected chi connectivity index (χ2v) is 11.8. The van der Waals surface area contributed by atoms with E-state index in [4.69, 9.17) is 9.47 Å². The third kappa shape index (κ3) is 6.31. The molecule has 0 saturated heterocycles. The molecule has 0 radical (unpaired) electrons. The van der Waals surface area contributed by atoms with E-state index in [1.165, 1.54) is 34.8 Å². The highest BCUT2D eigenvalue weighted by Gasteiger charge is 2.27. The van der Waals surface area contributed by atoms with Crippen molar-refractivity contribution in [2.45, 2.75) is 67.6 Å². The molecule has 0 spiro atoms. The zero-order valence-electron chi connectivity index (χ0n) is 22.7. The molecule has 38 heavy (non-hydrogen) atoms. The van der Waals surface area contributed by atoms with E-state index in [-0.39, 0.29) is 23.3 Å². The molecule has 1 aromatic carbocycles. The Labute approximate surface area is 230 Å². The minimum absolute atomic E-state index is 0.119. The lowest BCUT2D eigenvalue weighted by Crippen LogP contribution is -2.22. The first-order chi connectivity index (χ1) is 17.8. The number of benzene rings is 1. The van der Waals surface area contributed by atoms with Gasteiger partial charge in [-0.15, -0.1) is 22.7 Å². The Morgan fingerprint density at radius 2 is 1.00 bits per heavy atom. The van der Waals surface area contributed by atoms with E-state index in [9.17, 15) is 19.2 Å². The highest BCUT2D eigenvalue weighted by atomic mass is 32.1. The summed E-state index contributed by atoms with van der Waals surface area (Å²) in [7, 11) is 0. The lowest BCUT2D eigenvalue weighted by Gasteiger charge is -2.13. The van der Waals surface area contributed by atoms with Gasteiger partial charge in [0.2, 0.25) is 0 Å². The van der Waals surface area contributed by atoms with Gasteiger partial charge < -0.3 is 20.1 Å². The van der Waals surface area contributed by atoms with Crippen LogP contribution in [0.5, 0.6) is 0 Å². The Balaban J connectivity index is 1.92. The van der Waals surface area contributed by atoms with Crippen molar-refractivity contribution >= 4 is 56.4 Å². The van der Waals surface area contributed by atoms with Gasteiger partial charge in [-0.1, -0.05) is 12.1 Å². The van der Waals surface area contributed by atoms with Crippen LogP contribution in [0.15, 0.2) is 24.3 Å². The molecule has 2 N–H and O–H groups in total. The molecule has 0 saturated carbocycles. The van der Waals surface area contributed by atoms with Crippen molar-refractivity contribution in [2.24, 2.45) is 0 Å². The number of hydrogen-bond donors (Lipinski definition) is 2. The van der Waals surface area contributed by atoms with E-state index in [0.717, 1.165) is 20.9 Å². The number of carbonyl (C=O) groups is 4. The van der Waals surface area contributed by atoms with Crippen molar-refractivity contribution < 1.29 is 28.7 Å². The SMILES string of the molecule is Cc1sc(NC(=O)c2ccccc2C(=O)Nc2sc(C)c(C)c2C(=O)OC(C)C)c(C(=O)OC(C)C)c1C. The van der Waals surface area contributed by atoms with Gasteiger partial charge in [-0.3, -0.25) is 9.59 Å². The van der Waals surface area contributed by atoms with E-state index in [1.807, 2.05) is 13.8 Å². The summed E-state index contributed by atoms with van der Waals surface area (Å²) in [6.45, 7) is 14.3. The lowest BCUT2D eigenvalue weighted by atomic mass is 10.1. The first kappa shape index (κ1) is 29.1. The standard InChI is InChI=1S/C28H32N2O6S2/c1-13(2)35-27(33)21-15(5)17(7)37-25(21)29-23(31)19-11-9-10-12-20(19)24(32)30-26-22(16(6)18(8)38-26)28(34)36-14(3)4/h9-14H,1-8H3,(H,29,31)(H,30,32). The maximum Gasteiger partial charge on any atom is 0.341 e. The number of esters is 2. The molecule has 0 aliphatic rings. The fourth-order valence-electron chi connectivity index (χ4n) is 3.69. The highest BCUT2D eigenvalue weighted by molar-refractivity contribution is 7.17. The van der Waals surface area contributed by atoms with Crippen LogP contribution < -0.4 is 10.6 Å². The molecule has 8 nitrogen and oxygen atoms in total. The predicted octanol–water partition coefficient (Wildman–Crippen LogP) is 6.68. The summed E-state index contributed by atoms with van der Waals surface area (Å²) in [4.78, 5) is 53.9. The van der Waals surface area contributed by atoms with Crippen LogP contribution in [0, 0.1) is 27.7 Å². The molecular weight excluding hydrogens is 524 g/mol. The van der Waals surface area contributed by atoms with Gasteiger partial charge >= 0.3 is 11.9 Å². The van der Waals surface area contributed by atoms with Crippen LogP contribution in [0.25, 0.3) is 0 Å². The van der Waals surface area contributed by atoms with Gasteiger partial charge in [0, 0.05) is 9.75 Å². The first-order valence-corrected chi connectivity index (χ1v) is 13.8. The number of anilines is 2. The van der Waals surface area contributed by atoms with Crippen molar-refractivity contribution in [1.82, 2.24) is 0 Å². The molecule has 3 aromatic rings. The summed E-state index contributed by atoms with van der Waals surface area (Å²) < 4.78 is 10.7. The maximum atomic E-state index is 13.4. The summed E-state index contributed by atoms with van der Waals surface area (Å²) >= 11 is 2.53. The fourth-order valence-corrected chi connectivity index (χ4v) is 5.77. The third-order valence-corrected chi connectivity index (χ3v) is 7.98. The third-order valence-electron chi connectivity index (χ3n) is 5.73. The van der Waals surface area contributed by atoms with Gasteiger partial charge in [0.25, 0.3) is 11.8 Å². The van der Waals surface area contributed by atoms with Crippen molar-refractivity contribution in [3.05, 3.63) is 67.4 Å². The fraction of sp³-hybridized carbons (Fsp3) is 0.357. The van der Waals surface area contributed by atoms with E-state index in [1.54, 1.807) is 53.7 Å². The Morgan fingerprint density at radius 1 is 0.658 bits per heavy atom. The van der Waals surface area contributed by atoms with Crippen LogP contribution in [0.1, 0.15) is 90.0 Å². The average Bonchev–Trinajstić information content (AvgIpc) is 3.26. The number of hydrogen-bond acceptors (Lipinski definition) is 8. The van der Waals surface area contributed by atoms with Crippen LogP contribution in [0.3, 0.4) is 0 Å². The van der Waals surface area contributed by atoms with Crippen molar-refractivity contribution in [3.63, 3.8) is 0 Å². The van der Waals surface area contributed by atoms with Gasteiger partial charge in [-0.25, -0.2) is 9.59 Å². The number of nitrogens with one attached hydrogen (secondary N) is 2. The van der Waals surface area contributed by atoms with E-state index >= 15 is 0 Å². The van der Waals surface area contributed by atoms with Crippen LogP contribution in [0.4, 0.5) is 10.0 Å². The molecule has 2 heterocycles.